The van der Waals surface area contributed by atoms with Crippen molar-refractivity contribution in [3.63, 3.8) is 0 Å². The van der Waals surface area contributed by atoms with Gasteiger partial charge in [-0.05, 0) is 29.5 Å². The van der Waals surface area contributed by atoms with E-state index in [9.17, 15) is 14.1 Å². The number of aromatic nitrogens is 3. The van der Waals surface area contributed by atoms with Crippen molar-refractivity contribution in [3.05, 3.63) is 40.6 Å². The first-order chi connectivity index (χ1) is 14.5. The molecular formula is C19H25ClFN5O4. The number of carbonyl (C=O) groups excluding carboxylic acids is 2. The van der Waals surface area contributed by atoms with E-state index in [1.54, 1.807) is 19.4 Å². The third-order valence-corrected chi connectivity index (χ3v) is 5.02. The Bertz CT molecular complexity index is 833. The average molecular weight is 442 g/mol. The van der Waals surface area contributed by atoms with Crippen LogP contribution in [-0.2, 0) is 16.1 Å². The zero-order chi connectivity index (χ0) is 22.1. The largest absolute Gasteiger partial charge is 0.377 e. The molecule has 3 heterocycles. The Morgan fingerprint density at radius 1 is 1.47 bits per heavy atom. The molecule has 0 spiro atoms. The molecule has 3 rings (SSSR count). The van der Waals surface area contributed by atoms with E-state index in [4.69, 9.17) is 16.3 Å². The number of aldehydes is 1. The lowest BCUT2D eigenvalue weighted by Crippen LogP contribution is -2.55. The van der Waals surface area contributed by atoms with Crippen molar-refractivity contribution < 1.29 is 23.8 Å². The number of rotatable bonds is 6. The van der Waals surface area contributed by atoms with Crippen molar-refractivity contribution in [3.8, 4) is 0 Å². The summed E-state index contributed by atoms with van der Waals surface area (Å²) in [6, 6.07) is 3.39. The average Bonchev–Trinajstić information content (AvgIpc) is 3.15. The molecule has 1 unspecified atom stereocenters. The lowest BCUT2D eigenvalue weighted by Gasteiger charge is -2.38. The molecule has 2 aromatic heterocycles. The van der Waals surface area contributed by atoms with E-state index in [-0.39, 0.29) is 23.9 Å². The van der Waals surface area contributed by atoms with Gasteiger partial charge in [-0.3, -0.25) is 9.59 Å². The Morgan fingerprint density at radius 2 is 2.20 bits per heavy atom. The molecule has 0 aliphatic carbocycles. The Kier molecular flexibility index (Phi) is 9.15. The van der Waals surface area contributed by atoms with Crippen LogP contribution in [0.4, 0.5) is 10.3 Å². The number of aryl methyl sites for hydroxylation is 1. The minimum Gasteiger partial charge on any atom is -0.377 e. The molecule has 30 heavy (non-hydrogen) atoms. The maximum absolute atomic E-state index is 12.5. The van der Waals surface area contributed by atoms with Gasteiger partial charge in [-0.25, -0.2) is 9.97 Å². The second-order valence-corrected chi connectivity index (χ2v) is 6.88. The van der Waals surface area contributed by atoms with Gasteiger partial charge in [-0.1, -0.05) is 18.5 Å². The molecule has 1 aliphatic heterocycles. The summed E-state index contributed by atoms with van der Waals surface area (Å²) < 4.78 is 15.4. The van der Waals surface area contributed by atoms with Crippen LogP contribution in [0.2, 0.25) is 5.15 Å². The second-order valence-electron chi connectivity index (χ2n) is 6.52. The first-order valence-corrected chi connectivity index (χ1v) is 9.74. The van der Waals surface area contributed by atoms with Crippen LogP contribution in [0.1, 0.15) is 40.0 Å². The fourth-order valence-electron chi connectivity index (χ4n) is 3.15. The molecule has 1 saturated heterocycles. The van der Waals surface area contributed by atoms with E-state index in [0.29, 0.717) is 36.6 Å². The van der Waals surface area contributed by atoms with Gasteiger partial charge in [0.15, 0.2) is 17.3 Å². The second kappa shape index (κ2) is 11.6. The van der Waals surface area contributed by atoms with E-state index >= 15 is 0 Å². The zero-order valence-corrected chi connectivity index (χ0v) is 17.8. The molecule has 0 aromatic carbocycles. The summed E-state index contributed by atoms with van der Waals surface area (Å²) in [7, 11) is 2.58. The monoisotopic (exact) mass is 441 g/mol. The number of aromatic amines is 1. The normalized spacial score (nSPS) is 18.4. The standard InChI is InChI=1S/C18H22ClN5O3.CH3FO/c1-3-12-16(19)23-17(21-12)18(26)22-13-6-7-24(9-14(13)27-2)15-5-4-11(10-25)8-20-15;1-3-2/h4-5,8,10,13-14H,3,6-7,9H2,1-2H3,(H,21,23)(H,22,26);1H3/t13?,14-;/m0./s1. The highest BCUT2D eigenvalue weighted by Crippen LogP contribution is 2.20. The third kappa shape index (κ3) is 5.97. The van der Waals surface area contributed by atoms with Gasteiger partial charge in [0.1, 0.15) is 5.82 Å². The first-order valence-electron chi connectivity index (χ1n) is 9.36. The van der Waals surface area contributed by atoms with Crippen LogP contribution in [0.25, 0.3) is 0 Å². The van der Waals surface area contributed by atoms with Gasteiger partial charge in [-0.15, -0.1) is 0 Å². The highest BCUT2D eigenvalue weighted by atomic mass is 35.5. The van der Waals surface area contributed by atoms with Gasteiger partial charge in [0.05, 0.1) is 24.9 Å². The number of carbonyl (C=O) groups is 2. The SMILES string of the molecule is CCc1[nH]c(C(=O)NC2CCN(c3ccc(C=O)cn3)C[C@@H]2OC)nc1Cl.COF. The molecule has 2 aromatic rings. The van der Waals surface area contributed by atoms with Crippen LogP contribution in [0.5, 0.6) is 0 Å². The number of piperidine rings is 1. The fraction of sp³-hybridized carbons (Fsp3) is 0.474. The van der Waals surface area contributed by atoms with Crippen LogP contribution >= 0.6 is 11.6 Å². The zero-order valence-electron chi connectivity index (χ0n) is 17.0. The predicted octanol–water partition coefficient (Wildman–Crippen LogP) is 2.37. The van der Waals surface area contributed by atoms with Crippen molar-refractivity contribution in [1.82, 2.24) is 20.3 Å². The Labute approximate surface area is 178 Å². The summed E-state index contributed by atoms with van der Waals surface area (Å²) >= 11 is 6.01. The van der Waals surface area contributed by atoms with Crippen molar-refractivity contribution in [2.75, 3.05) is 32.2 Å². The Hall–Kier alpha value is -2.56. The quantitative estimate of drug-likeness (QED) is 0.662. The Balaban J connectivity index is 0.00000101. The number of pyridine rings is 1. The van der Waals surface area contributed by atoms with E-state index in [1.807, 2.05) is 13.0 Å². The van der Waals surface area contributed by atoms with Crippen molar-refractivity contribution in [1.29, 1.82) is 0 Å². The van der Waals surface area contributed by atoms with Gasteiger partial charge in [0, 0.05) is 32.0 Å². The van der Waals surface area contributed by atoms with Gasteiger partial charge >= 0.3 is 0 Å². The van der Waals surface area contributed by atoms with Crippen molar-refractivity contribution >= 4 is 29.6 Å². The number of methoxy groups -OCH3 is 1. The number of amides is 1. The molecule has 0 bridgehead atoms. The van der Waals surface area contributed by atoms with Crippen LogP contribution in [0, 0.1) is 0 Å². The molecule has 2 N–H and O–H groups in total. The molecule has 2 atom stereocenters. The number of H-pyrrole nitrogens is 1. The summed E-state index contributed by atoms with van der Waals surface area (Å²) in [5.74, 6) is 0.684. The minimum absolute atomic E-state index is 0.151. The van der Waals surface area contributed by atoms with Crippen LogP contribution in [0.3, 0.4) is 0 Å². The van der Waals surface area contributed by atoms with E-state index in [1.165, 1.54) is 0 Å². The molecule has 9 nitrogen and oxygen atoms in total. The van der Waals surface area contributed by atoms with Crippen LogP contribution in [-0.4, -0.2) is 66.6 Å². The summed E-state index contributed by atoms with van der Waals surface area (Å²) in [6.45, 7) is 3.22. The minimum atomic E-state index is -0.300. The fourth-order valence-corrected chi connectivity index (χ4v) is 3.41. The molecule has 164 valence electrons. The highest BCUT2D eigenvalue weighted by molar-refractivity contribution is 6.30. The number of imidazole rings is 1. The van der Waals surface area contributed by atoms with E-state index in [2.05, 4.69) is 30.1 Å². The number of halogens is 2. The smallest absolute Gasteiger partial charge is 0.287 e. The maximum atomic E-state index is 12.5. The topological polar surface area (TPSA) is 109 Å². The number of anilines is 1. The first kappa shape index (κ1) is 23.7. The lowest BCUT2D eigenvalue weighted by molar-refractivity contribution is -0.0960. The summed E-state index contributed by atoms with van der Waals surface area (Å²) in [4.78, 5) is 39.4. The van der Waals surface area contributed by atoms with Gasteiger partial charge in [-0.2, -0.15) is 4.94 Å². The molecule has 0 radical (unpaired) electrons. The number of nitrogens with one attached hydrogen (secondary N) is 2. The van der Waals surface area contributed by atoms with Crippen LogP contribution in [0.15, 0.2) is 18.3 Å². The summed E-state index contributed by atoms with van der Waals surface area (Å²) in [6.07, 6.45) is 3.47. The van der Waals surface area contributed by atoms with Crippen LogP contribution < -0.4 is 10.2 Å². The molecule has 0 saturated carbocycles. The van der Waals surface area contributed by atoms with Crippen molar-refractivity contribution in [2.45, 2.75) is 31.9 Å². The third-order valence-electron chi connectivity index (χ3n) is 4.71. The summed E-state index contributed by atoms with van der Waals surface area (Å²) in [5, 5.41) is 3.31. The van der Waals surface area contributed by atoms with Gasteiger partial charge in [0.2, 0.25) is 0 Å². The Morgan fingerprint density at radius 3 is 2.73 bits per heavy atom. The molecule has 11 heteroatoms. The molecule has 1 amide bonds. The number of ether oxygens (including phenoxy) is 1. The molecule has 1 fully saturated rings. The number of hydrogen-bond acceptors (Lipinski definition) is 7. The maximum Gasteiger partial charge on any atom is 0.287 e. The van der Waals surface area contributed by atoms with Gasteiger partial charge < -0.3 is 19.9 Å². The molecule has 1 aliphatic rings. The number of hydrogen-bond donors (Lipinski definition) is 2. The highest BCUT2D eigenvalue weighted by Gasteiger charge is 2.32. The molecular weight excluding hydrogens is 417 g/mol. The van der Waals surface area contributed by atoms with E-state index < -0.39 is 0 Å². The van der Waals surface area contributed by atoms with Crippen molar-refractivity contribution in [2.24, 2.45) is 0 Å². The predicted molar refractivity (Wildman–Crippen MR) is 110 cm³/mol. The van der Waals surface area contributed by atoms with Gasteiger partial charge in [0.25, 0.3) is 5.91 Å². The number of nitrogens with zero attached hydrogens (tertiary/aromatic N) is 3. The summed E-state index contributed by atoms with van der Waals surface area (Å²) in [5.41, 5.74) is 1.28. The van der Waals surface area contributed by atoms with E-state index in [0.717, 1.165) is 24.9 Å². The lowest BCUT2D eigenvalue weighted by atomic mass is 10.0.